The minimum Gasteiger partial charge on any atom is -0.336 e. The third-order valence-corrected chi connectivity index (χ3v) is 3.08. The van der Waals surface area contributed by atoms with Crippen LogP contribution in [0, 0.1) is 10.6 Å². The number of hydrogen-bond acceptors (Lipinski definition) is 2. The number of carbonyl (C=O) groups is 1. The Kier molecular flexibility index (Phi) is 3.84. The zero-order chi connectivity index (χ0) is 14.0. The molecule has 19 heavy (non-hydrogen) atoms. The molecular weight excluding hydrogens is 267 g/mol. The molecular formula is C12H15FN4OS. The molecule has 0 saturated heterocycles. The van der Waals surface area contributed by atoms with Gasteiger partial charge in [-0.2, -0.15) is 0 Å². The monoisotopic (exact) mass is 282 g/mol. The number of aromatic amines is 1. The Morgan fingerprint density at radius 3 is 2.95 bits per heavy atom. The second kappa shape index (κ2) is 5.40. The van der Waals surface area contributed by atoms with E-state index >= 15 is 0 Å². The molecule has 0 aliphatic carbocycles. The van der Waals surface area contributed by atoms with Crippen LogP contribution >= 0.6 is 12.2 Å². The lowest BCUT2D eigenvalue weighted by atomic mass is 10.3. The van der Waals surface area contributed by atoms with Crippen LogP contribution in [0.1, 0.15) is 0 Å². The molecule has 2 aromatic rings. The Balaban J connectivity index is 2.16. The first-order chi connectivity index (χ1) is 8.99. The minimum atomic E-state index is -0.312. The Morgan fingerprint density at radius 1 is 1.53 bits per heavy atom. The fourth-order valence-electron chi connectivity index (χ4n) is 1.78. The first-order valence-electron chi connectivity index (χ1n) is 5.82. The molecule has 0 atom stereocenters. The highest BCUT2D eigenvalue weighted by Crippen LogP contribution is 2.15. The molecule has 2 N–H and O–H groups in total. The number of nitrogens with one attached hydrogen (secondary N) is 2. The summed E-state index contributed by atoms with van der Waals surface area (Å²) in [7, 11) is 3.34. The number of H-pyrrole nitrogens is 1. The first-order valence-corrected chi connectivity index (χ1v) is 6.23. The van der Waals surface area contributed by atoms with Crippen molar-refractivity contribution in [1.29, 1.82) is 0 Å². The van der Waals surface area contributed by atoms with E-state index in [0.717, 1.165) is 5.52 Å². The molecule has 102 valence electrons. The number of imidazole rings is 1. The van der Waals surface area contributed by atoms with Crippen LogP contribution in [-0.4, -0.2) is 41.1 Å². The van der Waals surface area contributed by atoms with Gasteiger partial charge in [0.2, 0.25) is 0 Å². The molecule has 0 fully saturated rings. The van der Waals surface area contributed by atoms with Gasteiger partial charge in [0.15, 0.2) is 4.77 Å². The summed E-state index contributed by atoms with van der Waals surface area (Å²) in [6.45, 7) is 0.913. The Hall–Kier alpha value is -1.89. The normalized spacial score (nSPS) is 10.7. The molecule has 5 nitrogen and oxygen atoms in total. The summed E-state index contributed by atoms with van der Waals surface area (Å²) >= 11 is 5.19. The van der Waals surface area contributed by atoms with Crippen LogP contribution < -0.4 is 5.32 Å². The van der Waals surface area contributed by atoms with Gasteiger partial charge in [0.05, 0.1) is 11.0 Å². The molecule has 0 bridgehead atoms. The van der Waals surface area contributed by atoms with Gasteiger partial charge in [-0.3, -0.25) is 0 Å². The van der Waals surface area contributed by atoms with Crippen LogP contribution in [0.3, 0.4) is 0 Å². The van der Waals surface area contributed by atoms with Crippen molar-refractivity contribution in [2.75, 3.05) is 20.6 Å². The number of nitrogens with zero attached hydrogens (tertiary/aromatic N) is 2. The largest absolute Gasteiger partial charge is 0.336 e. The maximum atomic E-state index is 13.2. The summed E-state index contributed by atoms with van der Waals surface area (Å²) in [6.07, 6.45) is 0. The van der Waals surface area contributed by atoms with Crippen molar-refractivity contribution < 1.29 is 9.18 Å². The molecule has 0 aliphatic rings. The van der Waals surface area contributed by atoms with E-state index in [9.17, 15) is 9.18 Å². The predicted molar refractivity (Wildman–Crippen MR) is 74.2 cm³/mol. The van der Waals surface area contributed by atoms with E-state index in [1.165, 1.54) is 17.0 Å². The zero-order valence-corrected chi connectivity index (χ0v) is 11.6. The summed E-state index contributed by atoms with van der Waals surface area (Å²) in [6, 6.07) is 4.29. The van der Waals surface area contributed by atoms with Crippen LogP contribution in [0.5, 0.6) is 0 Å². The Bertz CT molecular complexity index is 661. The average Bonchev–Trinajstić information content (AvgIpc) is 2.65. The topological polar surface area (TPSA) is 53.1 Å². The molecule has 2 rings (SSSR count). The SMILES string of the molecule is CN(C)C(=O)NCCn1c(=S)[nH]c2ccc(F)cc21. The van der Waals surface area contributed by atoms with E-state index in [2.05, 4.69) is 10.3 Å². The smallest absolute Gasteiger partial charge is 0.316 e. The van der Waals surface area contributed by atoms with Crippen molar-refractivity contribution in [2.45, 2.75) is 6.54 Å². The highest BCUT2D eigenvalue weighted by molar-refractivity contribution is 7.71. The van der Waals surface area contributed by atoms with Crippen molar-refractivity contribution in [2.24, 2.45) is 0 Å². The van der Waals surface area contributed by atoms with Gasteiger partial charge in [-0.25, -0.2) is 9.18 Å². The van der Waals surface area contributed by atoms with Gasteiger partial charge in [-0.15, -0.1) is 0 Å². The molecule has 7 heteroatoms. The van der Waals surface area contributed by atoms with Crippen molar-refractivity contribution in [3.8, 4) is 0 Å². The molecule has 1 aromatic heterocycles. The second-order valence-corrected chi connectivity index (χ2v) is 4.76. The second-order valence-electron chi connectivity index (χ2n) is 4.37. The molecule has 1 aromatic carbocycles. The number of hydrogen-bond donors (Lipinski definition) is 2. The lowest BCUT2D eigenvalue weighted by Crippen LogP contribution is -2.36. The number of aromatic nitrogens is 2. The summed E-state index contributed by atoms with van der Waals surface area (Å²) < 4.78 is 15.5. The number of rotatable bonds is 3. The molecule has 2 amide bonds. The lowest BCUT2D eigenvalue weighted by Gasteiger charge is -2.12. The van der Waals surface area contributed by atoms with E-state index in [-0.39, 0.29) is 11.8 Å². The number of fused-ring (bicyclic) bond motifs is 1. The molecule has 0 spiro atoms. The quantitative estimate of drug-likeness (QED) is 0.847. The predicted octanol–water partition coefficient (Wildman–Crippen LogP) is 2.11. The van der Waals surface area contributed by atoms with E-state index in [0.29, 0.717) is 23.4 Å². The van der Waals surface area contributed by atoms with Crippen LogP contribution in [0.25, 0.3) is 11.0 Å². The van der Waals surface area contributed by atoms with E-state index < -0.39 is 0 Å². The number of carbonyl (C=O) groups excluding carboxylic acids is 1. The number of urea groups is 1. The fourth-order valence-corrected chi connectivity index (χ4v) is 2.08. The lowest BCUT2D eigenvalue weighted by molar-refractivity contribution is 0.217. The molecule has 0 unspecified atom stereocenters. The van der Waals surface area contributed by atoms with Crippen LogP contribution in [-0.2, 0) is 6.54 Å². The molecule has 0 saturated carbocycles. The van der Waals surface area contributed by atoms with Gasteiger partial charge < -0.3 is 19.8 Å². The Labute approximate surface area is 115 Å². The van der Waals surface area contributed by atoms with Crippen LogP contribution in [0.2, 0.25) is 0 Å². The van der Waals surface area contributed by atoms with E-state index in [1.54, 1.807) is 24.7 Å². The van der Waals surface area contributed by atoms with E-state index in [4.69, 9.17) is 12.2 Å². The zero-order valence-electron chi connectivity index (χ0n) is 10.7. The van der Waals surface area contributed by atoms with Crippen molar-refractivity contribution in [3.05, 3.63) is 28.8 Å². The summed E-state index contributed by atoms with van der Waals surface area (Å²) in [5, 5.41) is 2.74. The number of benzene rings is 1. The average molecular weight is 282 g/mol. The van der Waals surface area contributed by atoms with Gasteiger partial charge in [-0.05, 0) is 30.4 Å². The van der Waals surface area contributed by atoms with E-state index in [1.807, 2.05) is 0 Å². The van der Waals surface area contributed by atoms with Crippen molar-refractivity contribution in [3.63, 3.8) is 0 Å². The minimum absolute atomic E-state index is 0.169. The van der Waals surface area contributed by atoms with Gasteiger partial charge in [-0.1, -0.05) is 0 Å². The third-order valence-electron chi connectivity index (χ3n) is 2.76. The van der Waals surface area contributed by atoms with Crippen molar-refractivity contribution >= 4 is 29.3 Å². The summed E-state index contributed by atoms with van der Waals surface area (Å²) in [5.41, 5.74) is 1.48. The number of amides is 2. The Morgan fingerprint density at radius 2 is 2.26 bits per heavy atom. The molecule has 0 radical (unpaired) electrons. The first kappa shape index (κ1) is 13.5. The molecule has 1 heterocycles. The van der Waals surface area contributed by atoms with Gasteiger partial charge >= 0.3 is 6.03 Å². The summed E-state index contributed by atoms with van der Waals surface area (Å²) in [5.74, 6) is -0.312. The fraction of sp³-hybridized carbons (Fsp3) is 0.333. The van der Waals surface area contributed by atoms with Gasteiger partial charge in [0.25, 0.3) is 0 Å². The van der Waals surface area contributed by atoms with Gasteiger partial charge in [0.1, 0.15) is 5.82 Å². The maximum Gasteiger partial charge on any atom is 0.316 e. The highest BCUT2D eigenvalue weighted by Gasteiger charge is 2.06. The van der Waals surface area contributed by atoms with Crippen molar-refractivity contribution in [1.82, 2.24) is 19.8 Å². The van der Waals surface area contributed by atoms with Crippen LogP contribution in [0.4, 0.5) is 9.18 Å². The van der Waals surface area contributed by atoms with Gasteiger partial charge in [0, 0.05) is 27.2 Å². The van der Waals surface area contributed by atoms with Crippen LogP contribution in [0.15, 0.2) is 18.2 Å². The standard InChI is InChI=1S/C12H15FN4OS/c1-16(2)11(18)14-5-6-17-10-7-8(13)3-4-9(10)15-12(17)19/h3-4,7H,5-6H2,1-2H3,(H,14,18)(H,15,19). The highest BCUT2D eigenvalue weighted by atomic mass is 32.1. The number of halogens is 1. The summed E-state index contributed by atoms with van der Waals surface area (Å²) in [4.78, 5) is 15.8. The third kappa shape index (κ3) is 2.93. The molecule has 0 aliphatic heterocycles. The maximum absolute atomic E-state index is 13.2.